The molecule has 3 nitrogen and oxygen atoms in total. The van der Waals surface area contributed by atoms with Gasteiger partial charge >= 0.3 is 0 Å². The number of hydrogen-bond donors (Lipinski definition) is 0. The number of halogens is 1. The van der Waals surface area contributed by atoms with Gasteiger partial charge in [-0.25, -0.2) is 8.42 Å². The van der Waals surface area contributed by atoms with E-state index in [4.69, 9.17) is 16.3 Å². The smallest absolute Gasteiger partial charge is 0.182 e. The Bertz CT molecular complexity index is 414. The Kier molecular flexibility index (Phi) is 4.57. The molecule has 0 heterocycles. The second-order valence-electron chi connectivity index (χ2n) is 2.95. The van der Waals surface area contributed by atoms with Gasteiger partial charge in [-0.05, 0) is 19.1 Å². The molecule has 0 saturated heterocycles. The van der Waals surface area contributed by atoms with Crippen LogP contribution in [0.4, 0.5) is 0 Å². The van der Waals surface area contributed by atoms with Crippen molar-refractivity contribution < 1.29 is 13.2 Å². The van der Waals surface area contributed by atoms with E-state index in [1.54, 1.807) is 18.2 Å². The Balaban J connectivity index is 2.83. The quantitative estimate of drug-likeness (QED) is 0.750. The molecular weight excluding hydrogens is 236 g/mol. The summed E-state index contributed by atoms with van der Waals surface area (Å²) in [6, 6.07) is 6.42. The van der Waals surface area contributed by atoms with E-state index >= 15 is 0 Å². The summed E-state index contributed by atoms with van der Waals surface area (Å²) in [7, 11) is -3.32. The molecule has 1 aromatic carbocycles. The Morgan fingerprint density at radius 2 is 2.00 bits per heavy atom. The van der Waals surface area contributed by atoms with Gasteiger partial charge in [0, 0.05) is 6.61 Å². The molecule has 1 rings (SSSR count). The van der Waals surface area contributed by atoms with Gasteiger partial charge in [-0.1, -0.05) is 23.7 Å². The minimum absolute atomic E-state index is 0.0371. The molecule has 0 amide bonds. The fourth-order valence-corrected chi connectivity index (χ4v) is 2.82. The van der Waals surface area contributed by atoms with E-state index in [0.717, 1.165) is 0 Å². The number of sulfone groups is 1. The summed E-state index contributed by atoms with van der Waals surface area (Å²) < 4.78 is 28.5. The maximum Gasteiger partial charge on any atom is 0.182 e. The van der Waals surface area contributed by atoms with Crippen molar-refractivity contribution in [3.8, 4) is 0 Å². The number of rotatable bonds is 5. The summed E-state index contributed by atoms with van der Waals surface area (Å²) in [6.07, 6.45) is 0. The van der Waals surface area contributed by atoms with Crippen LogP contribution < -0.4 is 0 Å². The third-order valence-corrected chi connectivity index (χ3v) is 4.04. The first-order chi connectivity index (χ1) is 7.08. The van der Waals surface area contributed by atoms with E-state index in [-0.39, 0.29) is 22.3 Å². The van der Waals surface area contributed by atoms with Gasteiger partial charge in [-0.15, -0.1) is 0 Å². The highest BCUT2D eigenvalue weighted by molar-refractivity contribution is 7.91. The molecule has 0 aliphatic carbocycles. The van der Waals surface area contributed by atoms with E-state index in [0.29, 0.717) is 6.61 Å². The first kappa shape index (κ1) is 12.5. The van der Waals surface area contributed by atoms with Crippen molar-refractivity contribution in [2.24, 2.45) is 0 Å². The van der Waals surface area contributed by atoms with Crippen LogP contribution in [-0.2, 0) is 14.6 Å². The second-order valence-corrected chi connectivity index (χ2v) is 5.43. The molecule has 84 valence electrons. The predicted molar refractivity (Wildman–Crippen MR) is 60.0 cm³/mol. The Morgan fingerprint density at radius 3 is 2.60 bits per heavy atom. The molecule has 5 heteroatoms. The predicted octanol–water partition coefficient (Wildman–Crippen LogP) is 2.15. The summed E-state index contributed by atoms with van der Waals surface area (Å²) in [5, 5.41) is 0.258. The van der Waals surface area contributed by atoms with Crippen LogP contribution in [0.5, 0.6) is 0 Å². The topological polar surface area (TPSA) is 43.4 Å². The van der Waals surface area contributed by atoms with Gasteiger partial charge in [0.05, 0.1) is 22.3 Å². The lowest BCUT2D eigenvalue weighted by molar-refractivity contribution is 0.163. The average molecular weight is 249 g/mol. The van der Waals surface area contributed by atoms with Crippen LogP contribution in [0.3, 0.4) is 0 Å². The van der Waals surface area contributed by atoms with Crippen LogP contribution >= 0.6 is 11.6 Å². The zero-order valence-corrected chi connectivity index (χ0v) is 10.0. The molecule has 0 saturated carbocycles. The number of benzene rings is 1. The normalized spacial score (nSPS) is 11.6. The van der Waals surface area contributed by atoms with E-state index in [1.807, 2.05) is 6.92 Å². The molecule has 0 N–H and O–H groups in total. The van der Waals surface area contributed by atoms with Gasteiger partial charge in [0.25, 0.3) is 0 Å². The fraction of sp³-hybridized carbons (Fsp3) is 0.400. The van der Waals surface area contributed by atoms with Gasteiger partial charge in [0.2, 0.25) is 0 Å². The van der Waals surface area contributed by atoms with Gasteiger partial charge in [0.1, 0.15) is 0 Å². The lowest BCUT2D eigenvalue weighted by Gasteiger charge is -2.05. The van der Waals surface area contributed by atoms with Crippen molar-refractivity contribution in [2.75, 3.05) is 19.0 Å². The highest BCUT2D eigenvalue weighted by atomic mass is 35.5. The van der Waals surface area contributed by atoms with Crippen molar-refractivity contribution in [2.45, 2.75) is 11.8 Å². The molecule has 0 unspecified atom stereocenters. The monoisotopic (exact) mass is 248 g/mol. The Hall–Kier alpha value is -0.580. The van der Waals surface area contributed by atoms with Crippen LogP contribution in [0, 0.1) is 0 Å². The maximum atomic E-state index is 11.8. The molecule has 0 fully saturated rings. The first-order valence-electron chi connectivity index (χ1n) is 4.63. The molecular formula is C10H13ClO3S. The van der Waals surface area contributed by atoms with Crippen molar-refractivity contribution in [3.63, 3.8) is 0 Å². The molecule has 0 aliphatic rings. The molecule has 1 aromatic rings. The lowest BCUT2D eigenvalue weighted by atomic mass is 10.4. The minimum atomic E-state index is -3.32. The van der Waals surface area contributed by atoms with E-state index < -0.39 is 9.84 Å². The highest BCUT2D eigenvalue weighted by Gasteiger charge is 2.16. The third kappa shape index (κ3) is 3.48. The van der Waals surface area contributed by atoms with Crippen molar-refractivity contribution >= 4 is 21.4 Å². The molecule has 0 aromatic heterocycles. The van der Waals surface area contributed by atoms with E-state index in [1.165, 1.54) is 6.07 Å². The van der Waals surface area contributed by atoms with Crippen LogP contribution in [0.15, 0.2) is 29.2 Å². The summed E-state index contributed by atoms with van der Waals surface area (Å²) in [5.41, 5.74) is 0. The fourth-order valence-electron chi connectivity index (χ4n) is 1.12. The SMILES string of the molecule is CCOCCS(=O)(=O)c1ccccc1Cl. The summed E-state index contributed by atoms with van der Waals surface area (Å²) in [4.78, 5) is 0.173. The van der Waals surface area contributed by atoms with Crippen molar-refractivity contribution in [3.05, 3.63) is 29.3 Å². The van der Waals surface area contributed by atoms with E-state index in [9.17, 15) is 8.42 Å². The number of ether oxygens (including phenoxy) is 1. The average Bonchev–Trinajstić information content (AvgIpc) is 2.18. The molecule has 0 aliphatic heterocycles. The van der Waals surface area contributed by atoms with Gasteiger partial charge in [-0.2, -0.15) is 0 Å². The highest BCUT2D eigenvalue weighted by Crippen LogP contribution is 2.21. The molecule has 15 heavy (non-hydrogen) atoms. The van der Waals surface area contributed by atoms with Crippen LogP contribution in [0.2, 0.25) is 5.02 Å². The zero-order chi connectivity index (χ0) is 11.3. The Labute approximate surface area is 94.9 Å². The van der Waals surface area contributed by atoms with Gasteiger partial charge in [0.15, 0.2) is 9.84 Å². The molecule has 0 radical (unpaired) electrons. The summed E-state index contributed by atoms with van der Waals surface area (Å²) >= 11 is 5.80. The molecule has 0 bridgehead atoms. The van der Waals surface area contributed by atoms with Crippen LogP contribution in [0.1, 0.15) is 6.92 Å². The maximum absolute atomic E-state index is 11.8. The second kappa shape index (κ2) is 5.49. The van der Waals surface area contributed by atoms with Crippen molar-refractivity contribution in [1.82, 2.24) is 0 Å². The van der Waals surface area contributed by atoms with Gasteiger partial charge < -0.3 is 4.74 Å². The summed E-state index contributed by atoms with van der Waals surface area (Å²) in [5.74, 6) is -0.0371. The number of hydrogen-bond acceptors (Lipinski definition) is 3. The van der Waals surface area contributed by atoms with Gasteiger partial charge in [-0.3, -0.25) is 0 Å². The summed E-state index contributed by atoms with van der Waals surface area (Å²) in [6.45, 7) is 2.53. The van der Waals surface area contributed by atoms with E-state index in [2.05, 4.69) is 0 Å². The third-order valence-electron chi connectivity index (χ3n) is 1.87. The lowest BCUT2D eigenvalue weighted by Crippen LogP contribution is -2.12. The first-order valence-corrected chi connectivity index (χ1v) is 6.66. The van der Waals surface area contributed by atoms with Crippen LogP contribution in [0.25, 0.3) is 0 Å². The van der Waals surface area contributed by atoms with Crippen LogP contribution in [-0.4, -0.2) is 27.4 Å². The standard InChI is InChI=1S/C10H13ClO3S/c1-2-14-7-8-15(12,13)10-6-4-3-5-9(10)11/h3-6H,2,7-8H2,1H3. The zero-order valence-electron chi connectivity index (χ0n) is 8.44. The van der Waals surface area contributed by atoms with Crippen molar-refractivity contribution in [1.29, 1.82) is 0 Å². The minimum Gasteiger partial charge on any atom is -0.381 e. The largest absolute Gasteiger partial charge is 0.381 e. The Morgan fingerprint density at radius 1 is 1.33 bits per heavy atom. The molecule has 0 atom stereocenters. The molecule has 0 spiro atoms.